The van der Waals surface area contributed by atoms with E-state index in [1.54, 1.807) is 12.1 Å². The van der Waals surface area contributed by atoms with Crippen LogP contribution in [0.1, 0.15) is 35.6 Å². The van der Waals surface area contributed by atoms with Gasteiger partial charge in [0, 0.05) is 18.1 Å². The first-order chi connectivity index (χ1) is 11.6. The summed E-state index contributed by atoms with van der Waals surface area (Å²) in [6.07, 6.45) is 3.38. The summed E-state index contributed by atoms with van der Waals surface area (Å²) >= 11 is 6.13. The van der Waals surface area contributed by atoms with Gasteiger partial charge >= 0.3 is 5.91 Å². The normalized spacial score (nSPS) is 14.3. The maximum absolute atomic E-state index is 12.5. The number of benzene rings is 1. The number of rotatable bonds is 3. The largest absolute Gasteiger partial charge is 0.440 e. The van der Waals surface area contributed by atoms with Gasteiger partial charge in [-0.3, -0.25) is 4.79 Å². The highest BCUT2D eigenvalue weighted by Crippen LogP contribution is 2.33. The van der Waals surface area contributed by atoms with Crippen molar-refractivity contribution < 1.29 is 9.21 Å². The van der Waals surface area contributed by atoms with E-state index in [0.29, 0.717) is 10.7 Å². The molecule has 2 aromatic rings. The molecule has 7 heteroatoms. The van der Waals surface area contributed by atoms with E-state index < -0.39 is 5.91 Å². The summed E-state index contributed by atoms with van der Waals surface area (Å²) in [5.74, 6) is 5.62. The van der Waals surface area contributed by atoms with Crippen molar-refractivity contribution in [2.75, 3.05) is 23.0 Å². The number of nitrogens with two attached hydrogens (primary N) is 1. The molecule has 0 radical (unpaired) electrons. The number of nitriles is 1. The fourth-order valence-electron chi connectivity index (χ4n) is 2.83. The minimum absolute atomic E-state index is 0.0218. The zero-order valence-corrected chi connectivity index (χ0v) is 13.8. The monoisotopic (exact) mass is 344 g/mol. The minimum Gasteiger partial charge on any atom is -0.440 e. The summed E-state index contributed by atoms with van der Waals surface area (Å²) in [7, 11) is 0. The molecule has 0 atom stereocenters. The van der Waals surface area contributed by atoms with E-state index in [0.717, 1.165) is 36.6 Å². The Bertz CT molecular complexity index is 790. The van der Waals surface area contributed by atoms with Crippen LogP contribution in [-0.2, 0) is 0 Å². The van der Waals surface area contributed by atoms with E-state index in [2.05, 4.69) is 4.90 Å². The lowest BCUT2D eigenvalue weighted by atomic mass is 10.1. The van der Waals surface area contributed by atoms with Gasteiger partial charge < -0.3 is 9.32 Å². The molecule has 6 nitrogen and oxygen atoms in total. The molecule has 1 saturated heterocycles. The Kier molecular flexibility index (Phi) is 4.74. The van der Waals surface area contributed by atoms with Crippen molar-refractivity contribution in [3.05, 3.63) is 46.9 Å². The van der Waals surface area contributed by atoms with E-state index >= 15 is 0 Å². The predicted octanol–water partition coefficient (Wildman–Crippen LogP) is 3.32. The molecule has 0 aliphatic carbocycles. The molecule has 1 aromatic heterocycles. The topological polar surface area (TPSA) is 86.5 Å². The Hall–Kier alpha value is -2.49. The first-order valence-corrected chi connectivity index (χ1v) is 8.11. The quantitative estimate of drug-likeness (QED) is 0.524. The van der Waals surface area contributed by atoms with Crippen LogP contribution in [-0.4, -0.2) is 19.0 Å². The summed E-state index contributed by atoms with van der Waals surface area (Å²) in [6.45, 7) is 1.80. The van der Waals surface area contributed by atoms with E-state index in [1.165, 1.54) is 18.6 Å². The van der Waals surface area contributed by atoms with Crippen molar-refractivity contribution in [2.45, 2.75) is 19.3 Å². The van der Waals surface area contributed by atoms with Crippen molar-refractivity contribution in [2.24, 2.45) is 5.84 Å². The number of halogens is 1. The van der Waals surface area contributed by atoms with Crippen LogP contribution in [0.3, 0.4) is 0 Å². The zero-order chi connectivity index (χ0) is 17.1. The van der Waals surface area contributed by atoms with Crippen LogP contribution in [0.4, 0.5) is 11.4 Å². The number of hydrogen-bond donors (Lipinski definition) is 1. The standard InChI is InChI=1S/C17H17ClN4O2/c18-12-4-6-14(15(10-12)21-8-2-1-3-9-21)22(20)17(23)16-7-5-13(11-19)24-16/h4-7,10H,1-3,8-9,20H2. The fourth-order valence-corrected chi connectivity index (χ4v) is 3.00. The molecule has 1 fully saturated rings. The average Bonchev–Trinajstić information content (AvgIpc) is 3.10. The van der Waals surface area contributed by atoms with Crippen LogP contribution in [0.15, 0.2) is 34.7 Å². The number of nitrogens with zero attached hydrogens (tertiary/aromatic N) is 3. The van der Waals surface area contributed by atoms with Gasteiger partial charge in [-0.2, -0.15) is 5.26 Å². The summed E-state index contributed by atoms with van der Waals surface area (Å²) < 4.78 is 5.17. The molecule has 0 bridgehead atoms. The SMILES string of the molecule is N#Cc1ccc(C(=O)N(N)c2ccc(Cl)cc2N2CCCCC2)o1. The Morgan fingerprint density at radius 3 is 2.67 bits per heavy atom. The molecule has 1 aliphatic rings. The lowest BCUT2D eigenvalue weighted by Gasteiger charge is -2.32. The summed E-state index contributed by atoms with van der Waals surface area (Å²) in [4.78, 5) is 14.7. The lowest BCUT2D eigenvalue weighted by molar-refractivity contribution is 0.0959. The number of hydrogen-bond acceptors (Lipinski definition) is 5. The minimum atomic E-state index is -0.517. The molecule has 24 heavy (non-hydrogen) atoms. The third kappa shape index (κ3) is 3.23. The van der Waals surface area contributed by atoms with E-state index in [4.69, 9.17) is 27.1 Å². The first kappa shape index (κ1) is 16.4. The predicted molar refractivity (Wildman–Crippen MR) is 91.9 cm³/mol. The second kappa shape index (κ2) is 6.95. The van der Waals surface area contributed by atoms with Crippen molar-refractivity contribution in [1.82, 2.24) is 0 Å². The van der Waals surface area contributed by atoms with Crippen LogP contribution < -0.4 is 15.8 Å². The highest BCUT2D eigenvalue weighted by molar-refractivity contribution is 6.31. The number of carbonyl (C=O) groups is 1. The van der Waals surface area contributed by atoms with Gasteiger partial charge in [-0.05, 0) is 49.6 Å². The first-order valence-electron chi connectivity index (χ1n) is 7.74. The Morgan fingerprint density at radius 2 is 2.00 bits per heavy atom. The maximum Gasteiger partial charge on any atom is 0.308 e. The average molecular weight is 345 g/mol. The van der Waals surface area contributed by atoms with Crippen molar-refractivity contribution in [1.29, 1.82) is 5.26 Å². The molecule has 124 valence electrons. The molecule has 0 saturated carbocycles. The van der Waals surface area contributed by atoms with Crippen molar-refractivity contribution >= 4 is 28.9 Å². The number of furan rings is 1. The molecule has 3 rings (SSSR count). The summed E-state index contributed by atoms with van der Waals surface area (Å²) in [5.41, 5.74) is 1.38. The Balaban J connectivity index is 1.92. The maximum atomic E-state index is 12.5. The third-order valence-electron chi connectivity index (χ3n) is 4.04. The lowest BCUT2D eigenvalue weighted by Crippen LogP contribution is -2.39. The molecule has 0 unspecified atom stereocenters. The highest BCUT2D eigenvalue weighted by atomic mass is 35.5. The van der Waals surface area contributed by atoms with E-state index in [1.807, 2.05) is 12.1 Å². The molecule has 1 aromatic carbocycles. The number of piperidine rings is 1. The van der Waals surface area contributed by atoms with Gasteiger partial charge in [-0.15, -0.1) is 0 Å². The molecular weight excluding hydrogens is 328 g/mol. The van der Waals surface area contributed by atoms with Gasteiger partial charge in [0.1, 0.15) is 6.07 Å². The number of anilines is 2. The van der Waals surface area contributed by atoms with Gasteiger partial charge in [0.05, 0.1) is 11.4 Å². The zero-order valence-electron chi connectivity index (χ0n) is 13.0. The second-order valence-electron chi connectivity index (χ2n) is 5.63. The van der Waals surface area contributed by atoms with Gasteiger partial charge in [-0.25, -0.2) is 10.9 Å². The number of hydrazine groups is 1. The van der Waals surface area contributed by atoms with Crippen molar-refractivity contribution in [3.63, 3.8) is 0 Å². The van der Waals surface area contributed by atoms with Crippen LogP contribution in [0.2, 0.25) is 5.02 Å². The molecular formula is C17H17ClN4O2. The third-order valence-corrected chi connectivity index (χ3v) is 4.27. The van der Waals surface area contributed by atoms with Gasteiger partial charge in [-0.1, -0.05) is 11.6 Å². The van der Waals surface area contributed by atoms with Gasteiger partial charge in [0.15, 0.2) is 5.76 Å². The van der Waals surface area contributed by atoms with Gasteiger partial charge in [0.25, 0.3) is 0 Å². The Labute approximate surface area is 145 Å². The molecule has 0 spiro atoms. The molecule has 2 N–H and O–H groups in total. The van der Waals surface area contributed by atoms with Crippen molar-refractivity contribution in [3.8, 4) is 6.07 Å². The van der Waals surface area contributed by atoms with Crippen LogP contribution >= 0.6 is 11.6 Å². The summed E-state index contributed by atoms with van der Waals surface area (Å²) in [5, 5.41) is 10.4. The van der Waals surface area contributed by atoms with E-state index in [-0.39, 0.29) is 11.5 Å². The van der Waals surface area contributed by atoms with Gasteiger partial charge in [0.2, 0.25) is 5.76 Å². The second-order valence-corrected chi connectivity index (χ2v) is 6.07. The summed E-state index contributed by atoms with van der Waals surface area (Å²) in [6, 6.07) is 9.96. The molecule has 1 aliphatic heterocycles. The molecule has 1 amide bonds. The highest BCUT2D eigenvalue weighted by Gasteiger charge is 2.23. The number of carbonyl (C=O) groups excluding carboxylic acids is 1. The fraction of sp³-hybridized carbons (Fsp3) is 0.294. The smallest absolute Gasteiger partial charge is 0.308 e. The Morgan fingerprint density at radius 1 is 1.25 bits per heavy atom. The molecule has 2 heterocycles. The van der Waals surface area contributed by atoms with Crippen LogP contribution in [0, 0.1) is 11.3 Å². The van der Waals surface area contributed by atoms with E-state index in [9.17, 15) is 4.79 Å². The number of amides is 1. The van der Waals surface area contributed by atoms with Crippen LogP contribution in [0.5, 0.6) is 0 Å². The van der Waals surface area contributed by atoms with Crippen LogP contribution in [0.25, 0.3) is 0 Å².